The molecule has 3 aromatic heterocycles. The summed E-state index contributed by atoms with van der Waals surface area (Å²) in [6, 6.07) is 6.92. The van der Waals surface area contributed by atoms with Crippen LogP contribution in [0.4, 0.5) is 4.39 Å². The number of hydrogen-bond acceptors (Lipinski definition) is 9. The zero-order valence-corrected chi connectivity index (χ0v) is 35.8. The highest BCUT2D eigenvalue weighted by Crippen LogP contribution is 2.42. The predicted octanol–water partition coefficient (Wildman–Crippen LogP) is 8.21. The van der Waals surface area contributed by atoms with Gasteiger partial charge in [-0.25, -0.2) is 14.1 Å². The Hall–Kier alpha value is -2.70. The van der Waals surface area contributed by atoms with Crippen molar-refractivity contribution in [2.75, 3.05) is 26.9 Å². The first kappa shape index (κ1) is 39.5. The number of pyridine rings is 1. The SMILES string of the molecule is COCn1cc(-c2cc(F)c3c(c2)CC[C@@H]3Cc2nc3c(cc2Cl)nc(O[C@@H]2CO[C@H]4[C@@H]2OC[C@H]4O[Si](C)(C)C(C)(C)C)n3COCC[Si](C)(C)C)cn1. The van der Waals surface area contributed by atoms with Crippen LogP contribution < -0.4 is 4.74 Å². The molecular formula is C39H55ClFN5O6Si2. The minimum absolute atomic E-state index is 0.0682. The number of fused-ring (bicyclic) bond motifs is 3. The van der Waals surface area contributed by atoms with Gasteiger partial charge in [-0.2, -0.15) is 10.1 Å². The molecule has 15 heteroatoms. The summed E-state index contributed by atoms with van der Waals surface area (Å²) in [5.41, 5.74) is 5.30. The molecule has 1 aliphatic carbocycles. The molecule has 2 aliphatic heterocycles. The van der Waals surface area contributed by atoms with Crippen LogP contribution in [0.1, 0.15) is 49.9 Å². The number of imidazole rings is 1. The molecule has 11 nitrogen and oxygen atoms in total. The summed E-state index contributed by atoms with van der Waals surface area (Å²) in [4.78, 5) is 9.96. The lowest BCUT2D eigenvalue weighted by Gasteiger charge is -2.39. The maximum atomic E-state index is 15.9. The molecule has 0 bridgehead atoms. The number of halogens is 2. The highest BCUT2D eigenvalue weighted by molar-refractivity contribution is 6.76. The number of benzene rings is 1. The Morgan fingerprint density at radius 1 is 0.981 bits per heavy atom. The average Bonchev–Trinajstić information content (AvgIpc) is 3.91. The third kappa shape index (κ3) is 8.22. The van der Waals surface area contributed by atoms with E-state index in [0.717, 1.165) is 41.1 Å². The van der Waals surface area contributed by atoms with Crippen molar-refractivity contribution in [2.24, 2.45) is 0 Å². The van der Waals surface area contributed by atoms with Gasteiger partial charge in [0.1, 0.15) is 37.0 Å². The molecule has 2 saturated heterocycles. The Morgan fingerprint density at radius 2 is 1.72 bits per heavy atom. The molecule has 0 unspecified atom stereocenters. The van der Waals surface area contributed by atoms with Gasteiger partial charge in [0.05, 0.1) is 36.2 Å². The van der Waals surface area contributed by atoms with Crippen LogP contribution in [-0.2, 0) is 49.7 Å². The van der Waals surface area contributed by atoms with Crippen molar-refractivity contribution in [2.45, 2.75) is 128 Å². The van der Waals surface area contributed by atoms with E-state index in [4.69, 9.17) is 49.7 Å². The second-order valence-corrected chi connectivity index (χ2v) is 28.5. The van der Waals surface area contributed by atoms with E-state index < -0.39 is 16.4 Å². The minimum atomic E-state index is -2.03. The fourth-order valence-electron chi connectivity index (χ4n) is 7.38. The lowest BCUT2D eigenvalue weighted by molar-refractivity contribution is 0.00687. The Kier molecular flexibility index (Phi) is 11.2. The molecule has 0 saturated carbocycles. The molecule has 2 fully saturated rings. The van der Waals surface area contributed by atoms with Crippen molar-refractivity contribution >= 4 is 39.2 Å². The first-order chi connectivity index (χ1) is 25.5. The summed E-state index contributed by atoms with van der Waals surface area (Å²) < 4.78 is 56.8. The van der Waals surface area contributed by atoms with Crippen LogP contribution in [0, 0.1) is 5.82 Å². The van der Waals surface area contributed by atoms with Gasteiger partial charge in [0.2, 0.25) is 0 Å². The first-order valence-corrected chi connectivity index (χ1v) is 26.1. The Morgan fingerprint density at radius 3 is 2.44 bits per heavy atom. The zero-order valence-electron chi connectivity index (χ0n) is 33.1. The third-order valence-corrected chi connectivity index (χ3v) is 18.0. The van der Waals surface area contributed by atoms with Crippen molar-refractivity contribution in [1.82, 2.24) is 24.3 Å². The van der Waals surface area contributed by atoms with E-state index in [-0.39, 0.29) is 47.9 Å². The number of rotatable bonds is 14. The highest BCUT2D eigenvalue weighted by Gasteiger charge is 2.52. The Labute approximate surface area is 324 Å². The van der Waals surface area contributed by atoms with Crippen LogP contribution in [-0.4, -0.2) is 92.1 Å². The van der Waals surface area contributed by atoms with Gasteiger partial charge in [-0.05, 0) is 78.2 Å². The van der Waals surface area contributed by atoms with Gasteiger partial charge in [-0.15, -0.1) is 0 Å². The third-order valence-electron chi connectivity index (χ3n) is 11.5. The molecule has 294 valence electrons. The number of methoxy groups -OCH3 is 1. The van der Waals surface area contributed by atoms with E-state index in [0.29, 0.717) is 60.9 Å². The van der Waals surface area contributed by atoms with Crippen LogP contribution in [0.5, 0.6) is 6.01 Å². The summed E-state index contributed by atoms with van der Waals surface area (Å²) in [5, 5.41) is 4.89. The van der Waals surface area contributed by atoms with Gasteiger partial charge in [0.25, 0.3) is 0 Å². The summed E-state index contributed by atoms with van der Waals surface area (Å²) in [7, 11) is -1.74. The summed E-state index contributed by atoms with van der Waals surface area (Å²) >= 11 is 6.92. The molecule has 0 amide bonds. The molecule has 1 aromatic carbocycles. The van der Waals surface area contributed by atoms with E-state index in [9.17, 15) is 0 Å². The largest absolute Gasteiger partial charge is 0.456 e. The van der Waals surface area contributed by atoms with Gasteiger partial charge in [0, 0.05) is 33.6 Å². The van der Waals surface area contributed by atoms with Crippen molar-refractivity contribution in [3.8, 4) is 17.1 Å². The molecule has 3 aliphatic rings. The number of nitrogens with zero attached hydrogens (tertiary/aromatic N) is 5. The first-order valence-electron chi connectivity index (χ1n) is 19.1. The van der Waals surface area contributed by atoms with Crippen molar-refractivity contribution < 1.29 is 32.5 Å². The number of aryl methyl sites for hydroxylation is 1. The van der Waals surface area contributed by atoms with E-state index in [1.807, 2.05) is 16.8 Å². The van der Waals surface area contributed by atoms with Gasteiger partial charge in [-0.1, -0.05) is 58.1 Å². The standard InChI is InChI=1S/C39H55ClFN5O6Si2/c1-39(2,3)54(8,9)52-33-21-50-35-32(20-49-36(33)35)51-38-44-31-17-28(40)30(43-37(31)46(38)23-48-12-13-53(5,6)7)16-25-11-10-24-14-26(15-29(41)34(24)25)27-18-42-45(19-27)22-47-4/h14-15,17-19,25,32-33,35-36H,10-13,16,20-23H2,1-9H3/t25-,32-,33-,35-,36-/m1/s1. The van der Waals surface area contributed by atoms with Crippen LogP contribution in [0.2, 0.25) is 48.8 Å². The Balaban J connectivity index is 1.13. The van der Waals surface area contributed by atoms with Crippen LogP contribution in [0.25, 0.3) is 22.3 Å². The van der Waals surface area contributed by atoms with Crippen molar-refractivity contribution in [3.63, 3.8) is 0 Å². The Bertz CT molecular complexity index is 1980. The number of aromatic nitrogens is 5. The molecule has 7 rings (SSSR count). The fraction of sp³-hybridized carbons (Fsp3) is 0.615. The van der Waals surface area contributed by atoms with E-state index >= 15 is 4.39 Å². The summed E-state index contributed by atoms with van der Waals surface area (Å²) in [6.07, 6.45) is 4.64. The minimum Gasteiger partial charge on any atom is -0.456 e. The van der Waals surface area contributed by atoms with Crippen LogP contribution in [0.3, 0.4) is 0 Å². The predicted molar refractivity (Wildman–Crippen MR) is 212 cm³/mol. The molecule has 0 spiro atoms. The maximum absolute atomic E-state index is 15.9. The number of ether oxygens (including phenoxy) is 5. The molecule has 5 heterocycles. The van der Waals surface area contributed by atoms with Gasteiger partial charge in [-0.3, -0.25) is 4.57 Å². The van der Waals surface area contributed by atoms with E-state index in [2.05, 4.69) is 64.7 Å². The smallest absolute Gasteiger partial charge is 0.301 e. The van der Waals surface area contributed by atoms with Crippen LogP contribution >= 0.6 is 11.6 Å². The van der Waals surface area contributed by atoms with E-state index in [1.165, 1.54) is 0 Å². The maximum Gasteiger partial charge on any atom is 0.301 e. The normalized spacial score (nSPS) is 23.1. The van der Waals surface area contributed by atoms with Crippen molar-refractivity contribution in [1.29, 1.82) is 0 Å². The zero-order chi connectivity index (χ0) is 38.6. The second kappa shape index (κ2) is 15.3. The monoisotopic (exact) mass is 799 g/mol. The lowest BCUT2D eigenvalue weighted by atomic mass is 9.93. The second-order valence-electron chi connectivity index (χ2n) is 17.8. The highest BCUT2D eigenvalue weighted by atomic mass is 35.5. The van der Waals surface area contributed by atoms with Gasteiger partial charge < -0.3 is 28.1 Å². The average molecular weight is 801 g/mol. The topological polar surface area (TPSA) is 104 Å². The van der Waals surface area contributed by atoms with Crippen LogP contribution in [0.15, 0.2) is 30.6 Å². The molecule has 54 heavy (non-hydrogen) atoms. The lowest BCUT2D eigenvalue weighted by Crippen LogP contribution is -2.47. The molecule has 0 N–H and O–H groups in total. The summed E-state index contributed by atoms with van der Waals surface area (Å²) in [6.45, 7) is 20.2. The van der Waals surface area contributed by atoms with Crippen molar-refractivity contribution in [3.05, 3.63) is 58.3 Å². The molecular weight excluding hydrogens is 745 g/mol. The quantitative estimate of drug-likeness (QED) is 0.0923. The summed E-state index contributed by atoms with van der Waals surface area (Å²) in [5.74, 6) is -0.289. The number of hydrogen-bond donors (Lipinski definition) is 0. The molecule has 4 aromatic rings. The molecule has 0 radical (unpaired) electrons. The van der Waals surface area contributed by atoms with Gasteiger partial charge >= 0.3 is 6.01 Å². The van der Waals surface area contributed by atoms with Gasteiger partial charge in [0.15, 0.2) is 20.1 Å². The molecule has 5 atom stereocenters. The fourth-order valence-corrected chi connectivity index (χ4v) is 9.67. The van der Waals surface area contributed by atoms with E-state index in [1.54, 1.807) is 24.1 Å².